The molecule has 0 saturated carbocycles. The molecule has 1 amide bonds. The second-order valence-electron chi connectivity index (χ2n) is 5.53. The monoisotopic (exact) mass is 315 g/mol. The smallest absolute Gasteiger partial charge is 0.243 e. The Bertz CT molecular complexity index is 733. The number of nitrogens with zero attached hydrogens (tertiary/aromatic N) is 1. The van der Waals surface area contributed by atoms with Crippen LogP contribution in [0.1, 0.15) is 17.2 Å². The van der Waals surface area contributed by atoms with Gasteiger partial charge in [0.2, 0.25) is 5.91 Å². The lowest BCUT2D eigenvalue weighted by molar-refractivity contribution is -0.141. The molecule has 0 bridgehead atoms. The molecule has 114 valence electrons. The van der Waals surface area contributed by atoms with E-state index < -0.39 is 15.1 Å². The van der Waals surface area contributed by atoms with Gasteiger partial charge in [0.1, 0.15) is 0 Å². The van der Waals surface area contributed by atoms with Gasteiger partial charge in [0.15, 0.2) is 15.1 Å². The number of sulfone groups is 1. The van der Waals surface area contributed by atoms with Crippen molar-refractivity contribution in [1.29, 1.82) is 0 Å². The van der Waals surface area contributed by atoms with Crippen LogP contribution < -0.4 is 0 Å². The van der Waals surface area contributed by atoms with Crippen LogP contribution in [0.4, 0.5) is 0 Å². The standard InChI is InChI=1S/C17H17NO3S/c1-22(20,21)15-12-18(17(15)19)16(13-8-4-2-5-9-13)14-10-6-3-7-11-14/h2-11,15-16H,12H2,1H3. The van der Waals surface area contributed by atoms with E-state index >= 15 is 0 Å². The van der Waals surface area contributed by atoms with Crippen LogP contribution in [0.15, 0.2) is 60.7 Å². The van der Waals surface area contributed by atoms with Crippen molar-refractivity contribution >= 4 is 15.7 Å². The van der Waals surface area contributed by atoms with Gasteiger partial charge in [-0.25, -0.2) is 8.42 Å². The average Bonchev–Trinajstić information content (AvgIpc) is 2.51. The molecule has 22 heavy (non-hydrogen) atoms. The fourth-order valence-corrected chi connectivity index (χ4v) is 3.73. The van der Waals surface area contributed by atoms with Gasteiger partial charge in [-0.15, -0.1) is 0 Å². The number of likely N-dealkylation sites (tertiary alicyclic amines) is 1. The van der Waals surface area contributed by atoms with Crippen molar-refractivity contribution in [3.05, 3.63) is 71.8 Å². The number of carbonyl (C=O) groups is 1. The molecule has 1 saturated heterocycles. The molecule has 0 spiro atoms. The van der Waals surface area contributed by atoms with Crippen molar-refractivity contribution in [2.24, 2.45) is 0 Å². The Morgan fingerprint density at radius 2 is 1.41 bits per heavy atom. The molecule has 1 aliphatic rings. The lowest BCUT2D eigenvalue weighted by atomic mass is 9.94. The first kappa shape index (κ1) is 14.8. The van der Waals surface area contributed by atoms with Crippen LogP contribution >= 0.6 is 0 Å². The number of β-lactam (4-membered cyclic amide) rings is 1. The van der Waals surface area contributed by atoms with Crippen molar-refractivity contribution in [2.45, 2.75) is 11.3 Å². The number of rotatable bonds is 4. The maximum absolute atomic E-state index is 12.3. The van der Waals surface area contributed by atoms with Crippen molar-refractivity contribution in [3.63, 3.8) is 0 Å². The number of hydrogen-bond donors (Lipinski definition) is 0. The SMILES string of the molecule is CS(=O)(=O)C1CN(C(c2ccccc2)c2ccccc2)C1=O. The maximum atomic E-state index is 12.3. The van der Waals surface area contributed by atoms with Crippen LogP contribution in [-0.4, -0.2) is 37.3 Å². The van der Waals surface area contributed by atoms with Crippen molar-refractivity contribution in [2.75, 3.05) is 12.8 Å². The van der Waals surface area contributed by atoms with Crippen LogP contribution in [0, 0.1) is 0 Å². The summed E-state index contributed by atoms with van der Waals surface area (Å²) in [7, 11) is -3.34. The summed E-state index contributed by atoms with van der Waals surface area (Å²) in [6.07, 6.45) is 1.12. The molecular weight excluding hydrogens is 298 g/mol. The molecule has 1 aliphatic heterocycles. The molecule has 1 heterocycles. The van der Waals surface area contributed by atoms with Gasteiger partial charge in [-0.1, -0.05) is 60.7 Å². The number of benzene rings is 2. The molecule has 0 aromatic heterocycles. The third-order valence-electron chi connectivity index (χ3n) is 3.98. The largest absolute Gasteiger partial charge is 0.329 e. The highest BCUT2D eigenvalue weighted by atomic mass is 32.2. The minimum Gasteiger partial charge on any atom is -0.329 e. The summed E-state index contributed by atoms with van der Waals surface area (Å²) in [6.45, 7) is 0.242. The zero-order chi connectivity index (χ0) is 15.7. The maximum Gasteiger partial charge on any atom is 0.243 e. The van der Waals surface area contributed by atoms with Crippen LogP contribution in [-0.2, 0) is 14.6 Å². The van der Waals surface area contributed by atoms with Gasteiger partial charge in [-0.05, 0) is 11.1 Å². The second kappa shape index (κ2) is 5.57. The Morgan fingerprint density at radius 3 is 1.77 bits per heavy atom. The van der Waals surface area contributed by atoms with Gasteiger partial charge in [0, 0.05) is 12.8 Å². The van der Waals surface area contributed by atoms with E-state index in [0.717, 1.165) is 17.4 Å². The van der Waals surface area contributed by atoms with Gasteiger partial charge in [-0.2, -0.15) is 0 Å². The summed E-state index contributed by atoms with van der Waals surface area (Å²) in [6, 6.07) is 19.1. The first-order chi connectivity index (χ1) is 10.5. The molecule has 0 radical (unpaired) electrons. The quantitative estimate of drug-likeness (QED) is 0.811. The molecule has 4 nitrogen and oxygen atoms in total. The van der Waals surface area contributed by atoms with Gasteiger partial charge in [0.25, 0.3) is 0 Å². The lowest BCUT2D eigenvalue weighted by Gasteiger charge is -2.43. The van der Waals surface area contributed by atoms with Crippen molar-refractivity contribution < 1.29 is 13.2 Å². The van der Waals surface area contributed by atoms with Crippen LogP contribution in [0.2, 0.25) is 0 Å². The molecule has 2 aromatic rings. The highest BCUT2D eigenvalue weighted by molar-refractivity contribution is 7.92. The lowest BCUT2D eigenvalue weighted by Crippen LogP contribution is -2.60. The predicted octanol–water partition coefficient (Wildman–Crippen LogP) is 2.03. The summed E-state index contributed by atoms with van der Waals surface area (Å²) in [5.74, 6) is -0.319. The molecule has 0 aliphatic carbocycles. The van der Waals surface area contributed by atoms with Crippen LogP contribution in [0.25, 0.3) is 0 Å². The molecule has 2 aromatic carbocycles. The third-order valence-corrected chi connectivity index (χ3v) is 5.36. The number of hydrogen-bond acceptors (Lipinski definition) is 3. The fourth-order valence-electron chi connectivity index (χ4n) is 2.79. The van der Waals surface area contributed by atoms with E-state index in [-0.39, 0.29) is 18.5 Å². The van der Waals surface area contributed by atoms with Crippen molar-refractivity contribution in [1.82, 2.24) is 4.90 Å². The van der Waals surface area contributed by atoms with Gasteiger partial charge in [0.05, 0.1) is 6.04 Å². The topological polar surface area (TPSA) is 54.5 Å². The highest BCUT2D eigenvalue weighted by Gasteiger charge is 2.47. The van der Waals surface area contributed by atoms with Gasteiger partial charge >= 0.3 is 0 Å². The summed E-state index contributed by atoms with van der Waals surface area (Å²) in [4.78, 5) is 14.0. The predicted molar refractivity (Wildman–Crippen MR) is 85.1 cm³/mol. The Balaban J connectivity index is 1.97. The Kier molecular flexibility index (Phi) is 3.74. The van der Waals surface area contributed by atoms with Crippen LogP contribution in [0.5, 0.6) is 0 Å². The molecule has 1 fully saturated rings. The summed E-state index contributed by atoms with van der Waals surface area (Å²) >= 11 is 0. The summed E-state index contributed by atoms with van der Waals surface area (Å²) in [5.41, 5.74) is 1.96. The van der Waals surface area contributed by atoms with E-state index in [1.165, 1.54) is 0 Å². The molecule has 3 rings (SSSR count). The zero-order valence-electron chi connectivity index (χ0n) is 12.2. The first-order valence-corrected chi connectivity index (χ1v) is 9.03. The highest BCUT2D eigenvalue weighted by Crippen LogP contribution is 2.34. The normalized spacial score (nSPS) is 18.4. The van der Waals surface area contributed by atoms with Crippen LogP contribution in [0.3, 0.4) is 0 Å². The number of carbonyl (C=O) groups excluding carboxylic acids is 1. The van der Waals surface area contributed by atoms with E-state index in [4.69, 9.17) is 0 Å². The summed E-state index contributed by atoms with van der Waals surface area (Å²) < 4.78 is 23.2. The molecule has 1 atom stereocenters. The third kappa shape index (κ3) is 2.64. The van der Waals surface area contributed by atoms with E-state index in [2.05, 4.69) is 0 Å². The Hall–Kier alpha value is -2.14. The van der Waals surface area contributed by atoms with E-state index in [1.807, 2.05) is 60.7 Å². The Morgan fingerprint density at radius 1 is 0.955 bits per heavy atom. The summed E-state index contributed by atoms with van der Waals surface area (Å²) in [5, 5.41) is -0.901. The van der Waals surface area contributed by atoms with E-state index in [1.54, 1.807) is 4.90 Å². The van der Waals surface area contributed by atoms with Gasteiger partial charge < -0.3 is 4.90 Å². The second-order valence-corrected chi connectivity index (χ2v) is 7.76. The molecule has 5 heteroatoms. The molecular formula is C17H17NO3S. The van der Waals surface area contributed by atoms with Crippen molar-refractivity contribution in [3.8, 4) is 0 Å². The molecule has 1 unspecified atom stereocenters. The van der Waals surface area contributed by atoms with E-state index in [9.17, 15) is 13.2 Å². The Labute approximate surface area is 130 Å². The van der Waals surface area contributed by atoms with E-state index in [0.29, 0.717) is 0 Å². The minimum absolute atomic E-state index is 0.242. The average molecular weight is 315 g/mol. The minimum atomic E-state index is -3.34. The zero-order valence-corrected chi connectivity index (χ0v) is 13.0. The first-order valence-electron chi connectivity index (χ1n) is 7.08. The molecule has 0 N–H and O–H groups in total. The fraction of sp³-hybridized carbons (Fsp3) is 0.235. The number of amides is 1. The van der Waals surface area contributed by atoms with Gasteiger partial charge in [-0.3, -0.25) is 4.79 Å².